The summed E-state index contributed by atoms with van der Waals surface area (Å²) in [5, 5.41) is 30.9. The Morgan fingerprint density at radius 1 is 0.402 bits per heavy atom. The number of urea groups is 1. The summed E-state index contributed by atoms with van der Waals surface area (Å²) in [5.41, 5.74) is -0.385. The zero-order valence-corrected chi connectivity index (χ0v) is 55.4. The van der Waals surface area contributed by atoms with Gasteiger partial charge in [0.1, 0.15) is 32.2 Å². The number of rotatable bonds is 20. The molecule has 1 atom stereocenters. The third-order valence-corrected chi connectivity index (χ3v) is 18.9. The van der Waals surface area contributed by atoms with E-state index in [2.05, 4.69) is 31.9 Å². The molecule has 0 aliphatic carbocycles. The summed E-state index contributed by atoms with van der Waals surface area (Å²) < 4.78 is 207. The fourth-order valence-corrected chi connectivity index (χ4v) is 13.5. The van der Waals surface area contributed by atoms with Gasteiger partial charge < -0.3 is 51.4 Å². The lowest BCUT2D eigenvalue weighted by Gasteiger charge is -2.26. The molecule has 8 rings (SSSR count). The van der Waals surface area contributed by atoms with Gasteiger partial charge in [0.15, 0.2) is 0 Å². The smallest absolute Gasteiger partial charge is 0.323 e. The van der Waals surface area contributed by atoms with Gasteiger partial charge in [0.25, 0.3) is 84.3 Å². The molecule has 0 spiro atoms. The van der Waals surface area contributed by atoms with Crippen LogP contribution < -0.4 is 37.0 Å². The van der Waals surface area contributed by atoms with Crippen molar-refractivity contribution >= 4 is 152 Å². The number of hydrogen-bond donors (Lipinski definition) is 13. The molecule has 6 amide bonds. The first-order valence-corrected chi connectivity index (χ1v) is 35.7. The Morgan fingerprint density at radius 3 is 1.04 bits per heavy atom. The molecule has 0 fully saturated rings. The average molecular weight is 1460 g/mol. The summed E-state index contributed by atoms with van der Waals surface area (Å²) in [4.78, 5) is 70.8. The minimum Gasteiger partial charge on any atom is -0.550 e. The molecule has 97 heavy (non-hydrogen) atoms. The predicted octanol–water partition coefficient (Wildman–Crippen LogP) is 4.94. The van der Waals surface area contributed by atoms with Crippen molar-refractivity contribution in [2.45, 2.75) is 55.7 Å². The highest BCUT2D eigenvalue weighted by molar-refractivity contribution is 7.88. The van der Waals surface area contributed by atoms with Gasteiger partial charge in [-0.2, -0.15) is 50.5 Å². The molecule has 0 saturated carbocycles. The van der Waals surface area contributed by atoms with E-state index in [0.29, 0.717) is 58.6 Å². The summed E-state index contributed by atoms with van der Waals surface area (Å²) in [5.74, 6) is -4.76. The number of aryl methyl sites for hydroxylation is 2. The second-order valence-electron chi connectivity index (χ2n) is 22.1. The SMILES string of the molecule is C[N+](C)(C)C[C@H](O)CC(=O)[O-].Cc1ccc(C(=O)Nc2ccc(S(=O)(=O)O)c3cc(S(=O)(=O)O)cc(S(=O)(=O)O)c23)cc1NC(=O)c1cccc(NC(=O)Nc2cccc(C(=O)Nc3cc(C(=O)Nc4ccc(S(=O)(=O)O)c5cc(S(=O)(=O)O)cc(S(=O)(=O)O)c45)ccc3C)c2)c1. The first-order chi connectivity index (χ1) is 44.6. The van der Waals surface area contributed by atoms with Crippen LogP contribution in [0.5, 0.6) is 0 Å². The molecule has 13 N–H and O–H groups in total. The Balaban J connectivity index is 0.00000110. The molecule has 0 unspecified atom stereocenters. The number of fused-ring (bicyclic) bond motifs is 2. The Morgan fingerprint density at radius 2 is 0.732 bits per heavy atom. The summed E-state index contributed by atoms with van der Waals surface area (Å²) in [6.07, 6.45) is -1.09. The number of aliphatic hydroxyl groups excluding tert-OH is 1. The molecule has 0 saturated heterocycles. The van der Waals surface area contributed by atoms with Crippen LogP contribution in [0, 0.1) is 13.8 Å². The quantitative estimate of drug-likeness (QED) is 0.0355. The highest BCUT2D eigenvalue weighted by Crippen LogP contribution is 2.39. The zero-order chi connectivity index (χ0) is 72.5. The lowest BCUT2D eigenvalue weighted by Crippen LogP contribution is -2.43. The van der Waals surface area contributed by atoms with Crippen molar-refractivity contribution in [1.82, 2.24) is 0 Å². The van der Waals surface area contributed by atoms with Crippen LogP contribution >= 0.6 is 0 Å². The van der Waals surface area contributed by atoms with E-state index in [-0.39, 0.29) is 51.4 Å². The summed E-state index contributed by atoms with van der Waals surface area (Å²) >= 11 is 0. The molecule has 0 aromatic heterocycles. The molecule has 0 aliphatic heterocycles. The van der Waals surface area contributed by atoms with E-state index >= 15 is 0 Å². The van der Waals surface area contributed by atoms with Gasteiger partial charge in [0.05, 0.1) is 42.3 Å². The maximum absolute atomic E-state index is 13.7. The lowest BCUT2D eigenvalue weighted by molar-refractivity contribution is -0.873. The number of anilines is 6. The van der Waals surface area contributed by atoms with Crippen LogP contribution in [-0.2, 0) is 65.5 Å². The van der Waals surface area contributed by atoms with Gasteiger partial charge >= 0.3 is 6.03 Å². The van der Waals surface area contributed by atoms with Crippen molar-refractivity contribution in [1.29, 1.82) is 0 Å². The number of nitrogens with zero attached hydrogens (tertiary/aromatic N) is 1. The third-order valence-electron chi connectivity index (χ3n) is 13.6. The number of nitrogens with one attached hydrogen (secondary N) is 6. The van der Waals surface area contributed by atoms with Crippen molar-refractivity contribution in [3.05, 3.63) is 167 Å². The average Bonchev–Trinajstić information content (AvgIpc) is 0.747. The van der Waals surface area contributed by atoms with Crippen molar-refractivity contribution in [2.24, 2.45) is 0 Å². The van der Waals surface area contributed by atoms with Gasteiger partial charge in [-0.1, -0.05) is 24.3 Å². The molecule has 39 heteroatoms. The molecule has 33 nitrogen and oxygen atoms in total. The first-order valence-electron chi connectivity index (χ1n) is 27.1. The number of likely N-dealkylation sites (N-methyl/N-ethyl adjacent to an activating group) is 1. The zero-order valence-electron chi connectivity index (χ0n) is 50.5. The molecular weight excluding hydrogens is 1400 g/mol. The third kappa shape index (κ3) is 19.1. The standard InChI is InChI=1S/C51H40N6O23S6.C7H15NO3/c1-25-9-11-29(49(60)54-37-13-15-41(83(69,70)71)35-21-33(81(63,64)65)23-43(45(35)37)85(75,76)77)19-39(25)56-47(58)27-5-3-7-31(17-27)52-51(62)53-32-8-4-6-28(18-32)48(59)57-40-20-30(12-10-26(40)2)50(61)55-38-14-16-42(84(72,73)74)36-22-34(82(66,67)68)24-44(46(36)38)86(78,79)80;1-8(2,3)5-6(9)4-7(10)11/h3-24H,1-2H3,(H,54,60)(H,55,61)(H,56,58)(H,57,59)(H2,52,53,62)(H,63,64,65)(H,66,67,68)(H,69,70,71)(H,72,73,74)(H,75,76,77)(H,78,79,80);6,9H,4-5H2,1-3H3/t;6-/m.1/s1. The first kappa shape index (κ1) is 74.7. The number of carboxylic acid groups (broad SMARTS) is 1. The van der Waals surface area contributed by atoms with Gasteiger partial charge in [0, 0.05) is 78.9 Å². The van der Waals surface area contributed by atoms with Crippen LogP contribution in [0.4, 0.5) is 38.9 Å². The summed E-state index contributed by atoms with van der Waals surface area (Å²) in [6, 6.07) is 22.6. The molecule has 0 bridgehead atoms. The Kier molecular flexibility index (Phi) is 21.7. The highest BCUT2D eigenvalue weighted by Gasteiger charge is 2.30. The van der Waals surface area contributed by atoms with E-state index in [0.717, 1.165) is 12.1 Å². The number of benzene rings is 8. The van der Waals surface area contributed by atoms with Gasteiger partial charge in [-0.25, -0.2) is 4.79 Å². The fourth-order valence-electron chi connectivity index (χ4n) is 9.38. The van der Waals surface area contributed by atoms with E-state index < -0.39 is 165 Å². The number of quaternary nitrogens is 1. The number of aliphatic carboxylic acids is 1. The number of carbonyl (C=O) groups excluding carboxylic acids is 6. The lowest BCUT2D eigenvalue weighted by atomic mass is 10.1. The summed E-state index contributed by atoms with van der Waals surface area (Å²) in [7, 11) is -26.2. The second-order valence-corrected chi connectivity index (χ2v) is 30.5. The number of hydrogen-bond acceptors (Lipinski definition) is 20. The van der Waals surface area contributed by atoms with Crippen molar-refractivity contribution in [2.75, 3.05) is 59.6 Å². The van der Waals surface area contributed by atoms with E-state index in [1.807, 2.05) is 21.1 Å². The second kappa shape index (κ2) is 28.2. The van der Waals surface area contributed by atoms with Crippen LogP contribution in [0.1, 0.15) is 59.0 Å². The maximum Gasteiger partial charge on any atom is 0.323 e. The van der Waals surface area contributed by atoms with Gasteiger partial charge in [-0.3, -0.25) is 46.5 Å². The predicted molar refractivity (Wildman–Crippen MR) is 345 cm³/mol. The van der Waals surface area contributed by atoms with Crippen LogP contribution in [0.3, 0.4) is 0 Å². The Labute approximate surface area is 552 Å². The minimum absolute atomic E-state index is 0.0223. The van der Waals surface area contributed by atoms with E-state index in [1.54, 1.807) is 13.8 Å². The van der Waals surface area contributed by atoms with E-state index in [1.165, 1.54) is 84.9 Å². The number of carboxylic acids is 1. The minimum atomic E-state index is -5.45. The number of amides is 6. The molecule has 0 radical (unpaired) electrons. The largest absolute Gasteiger partial charge is 0.550 e. The topological polar surface area (TPSA) is 544 Å². The highest BCUT2D eigenvalue weighted by atomic mass is 32.2. The Hall–Kier alpha value is -9.72. The number of carbonyl (C=O) groups is 6. The molecule has 8 aromatic carbocycles. The van der Waals surface area contributed by atoms with Crippen LogP contribution in [0.2, 0.25) is 0 Å². The molecule has 514 valence electrons. The fraction of sp³-hybridized carbons (Fsp3) is 0.138. The van der Waals surface area contributed by atoms with Gasteiger partial charge in [-0.15, -0.1) is 0 Å². The van der Waals surface area contributed by atoms with Crippen molar-refractivity contribution in [3.8, 4) is 0 Å². The van der Waals surface area contributed by atoms with Crippen molar-refractivity contribution < 1.29 is 121 Å². The number of aliphatic hydroxyl groups is 1. The molecular formula is C58H55N7O26S6. The monoisotopic (exact) mass is 1460 g/mol. The van der Waals surface area contributed by atoms with Crippen molar-refractivity contribution in [3.63, 3.8) is 0 Å². The van der Waals surface area contributed by atoms with Crippen LogP contribution in [0.25, 0.3) is 21.5 Å². The molecule has 0 heterocycles. The Bertz CT molecular complexity index is 5040. The molecule has 8 aromatic rings. The normalized spacial score (nSPS) is 12.5. The van der Waals surface area contributed by atoms with Crippen LogP contribution in [0.15, 0.2) is 163 Å². The van der Waals surface area contributed by atoms with Gasteiger partial charge in [0.2, 0.25) is 0 Å². The summed E-state index contributed by atoms with van der Waals surface area (Å²) in [6.45, 7) is 3.54. The van der Waals surface area contributed by atoms with E-state index in [9.17, 15) is 112 Å². The van der Waals surface area contributed by atoms with Crippen LogP contribution in [-0.4, -0.2) is 157 Å². The maximum atomic E-state index is 13.7. The van der Waals surface area contributed by atoms with Gasteiger partial charge in [-0.05, 0) is 134 Å². The molecule has 0 aliphatic rings. The van der Waals surface area contributed by atoms with E-state index in [4.69, 9.17) is 5.11 Å².